The van der Waals surface area contributed by atoms with Crippen LogP contribution in [0.3, 0.4) is 0 Å². The third-order valence-corrected chi connectivity index (χ3v) is 4.94. The van der Waals surface area contributed by atoms with Gasteiger partial charge in [0, 0.05) is 17.7 Å². The Kier molecular flexibility index (Phi) is 7.39. The minimum atomic E-state index is -0.829. The second-order valence-electron chi connectivity index (χ2n) is 7.34. The summed E-state index contributed by atoms with van der Waals surface area (Å²) >= 11 is 0. The molecule has 10 nitrogen and oxygen atoms in total. The van der Waals surface area contributed by atoms with Gasteiger partial charge in [-0.1, -0.05) is 24.3 Å². The number of nitrogens with zero attached hydrogens (tertiary/aromatic N) is 1. The smallest absolute Gasteiger partial charge is 0.311 e. The minimum Gasteiger partial charge on any atom is -0.496 e. The van der Waals surface area contributed by atoms with E-state index >= 15 is 0 Å². The Balaban J connectivity index is 1.50. The summed E-state index contributed by atoms with van der Waals surface area (Å²) in [5.41, 5.74) is 3.54. The van der Waals surface area contributed by atoms with E-state index in [1.54, 1.807) is 42.5 Å². The van der Waals surface area contributed by atoms with Crippen LogP contribution >= 0.6 is 0 Å². The molecule has 2 aromatic carbocycles. The molecule has 10 heteroatoms. The molecule has 1 atom stereocenters. The summed E-state index contributed by atoms with van der Waals surface area (Å²) in [7, 11) is 1.43. The number of benzene rings is 2. The summed E-state index contributed by atoms with van der Waals surface area (Å²) in [6.45, 7) is 0.774. The van der Waals surface area contributed by atoms with Crippen molar-refractivity contribution in [2.45, 2.75) is 13.3 Å². The Morgan fingerprint density at radius 1 is 1.09 bits per heavy atom. The molecule has 3 rings (SSSR count). The number of ether oxygens (including phenoxy) is 2. The maximum Gasteiger partial charge on any atom is 0.311 e. The highest BCUT2D eigenvalue weighted by atomic mass is 16.5. The first-order valence-corrected chi connectivity index (χ1v) is 10.1. The van der Waals surface area contributed by atoms with Crippen molar-refractivity contribution >= 4 is 35.2 Å². The zero-order valence-electron chi connectivity index (χ0n) is 18.1. The topological polar surface area (TPSA) is 131 Å². The Bertz CT molecular complexity index is 1100. The lowest BCUT2D eigenvalue weighted by Crippen LogP contribution is -2.43. The number of para-hydroxylation sites is 1. The molecule has 2 aromatic rings. The van der Waals surface area contributed by atoms with Crippen LogP contribution in [0.15, 0.2) is 48.5 Å². The molecule has 1 aliphatic heterocycles. The molecule has 2 N–H and O–H groups in total. The number of methoxy groups -OCH3 is 1. The molecule has 0 saturated carbocycles. The highest BCUT2D eigenvalue weighted by Gasteiger charge is 2.37. The van der Waals surface area contributed by atoms with Crippen LogP contribution in [-0.2, 0) is 19.1 Å². The lowest BCUT2D eigenvalue weighted by Gasteiger charge is -2.18. The molecule has 1 aliphatic rings. The lowest BCUT2D eigenvalue weighted by atomic mass is 10.1. The summed E-state index contributed by atoms with van der Waals surface area (Å²) in [6.07, 6.45) is -0.159. The average molecular weight is 453 g/mol. The number of carbonyl (C=O) groups excluding carboxylic acids is 5. The van der Waals surface area contributed by atoms with E-state index in [2.05, 4.69) is 10.7 Å². The van der Waals surface area contributed by atoms with Gasteiger partial charge in [-0.3, -0.25) is 34.4 Å². The Morgan fingerprint density at radius 2 is 1.85 bits per heavy atom. The predicted octanol–water partition coefficient (Wildman–Crippen LogP) is 1.57. The number of nitrogens with one attached hydrogen (secondary N) is 2. The molecular formula is C23H23N3O7. The van der Waals surface area contributed by atoms with Crippen LogP contribution in [0.5, 0.6) is 5.75 Å². The van der Waals surface area contributed by atoms with E-state index in [4.69, 9.17) is 9.47 Å². The van der Waals surface area contributed by atoms with Crippen molar-refractivity contribution in [3.05, 3.63) is 59.7 Å². The third-order valence-electron chi connectivity index (χ3n) is 4.94. The molecule has 0 bridgehead atoms. The number of anilines is 1. The maximum atomic E-state index is 12.5. The van der Waals surface area contributed by atoms with Crippen molar-refractivity contribution in [3.8, 4) is 5.75 Å². The Hall–Kier alpha value is -4.21. The van der Waals surface area contributed by atoms with Crippen LogP contribution < -0.4 is 15.5 Å². The van der Waals surface area contributed by atoms with Crippen LogP contribution in [0.25, 0.3) is 0 Å². The van der Waals surface area contributed by atoms with Gasteiger partial charge >= 0.3 is 5.97 Å². The van der Waals surface area contributed by atoms with Gasteiger partial charge in [-0.15, -0.1) is 0 Å². The van der Waals surface area contributed by atoms with Gasteiger partial charge in [0.25, 0.3) is 11.8 Å². The van der Waals surface area contributed by atoms with Crippen LogP contribution in [0, 0.1) is 5.92 Å². The van der Waals surface area contributed by atoms with Crippen molar-refractivity contribution in [1.82, 2.24) is 10.4 Å². The molecular weight excluding hydrogens is 430 g/mol. The number of amides is 3. The van der Waals surface area contributed by atoms with Crippen LogP contribution in [-0.4, -0.2) is 54.7 Å². The van der Waals surface area contributed by atoms with Gasteiger partial charge in [0.15, 0.2) is 12.4 Å². The van der Waals surface area contributed by atoms with Crippen molar-refractivity contribution in [3.63, 3.8) is 0 Å². The molecule has 1 saturated heterocycles. The number of Topliss-reactive ketones (excluding diaryl/α,β-unsaturated/α-hetero) is 1. The molecule has 0 aromatic heterocycles. The SMILES string of the molecule is COc1ccccc1C(=O)NN1C[C@H](C(=O)OCC(=O)Nc2cccc(C(C)=O)c2)CC1=O. The first-order valence-electron chi connectivity index (χ1n) is 10.1. The van der Waals surface area contributed by atoms with Gasteiger partial charge < -0.3 is 14.8 Å². The van der Waals surface area contributed by atoms with Crippen LogP contribution in [0.4, 0.5) is 5.69 Å². The quantitative estimate of drug-likeness (QED) is 0.458. The number of hydrazine groups is 1. The number of carbonyl (C=O) groups is 5. The highest BCUT2D eigenvalue weighted by Crippen LogP contribution is 2.20. The first kappa shape index (κ1) is 23.5. The van der Waals surface area contributed by atoms with Gasteiger partial charge in [-0.25, -0.2) is 0 Å². The van der Waals surface area contributed by atoms with Gasteiger partial charge in [0.1, 0.15) is 5.75 Å². The van der Waals surface area contributed by atoms with Gasteiger partial charge in [-0.2, -0.15) is 0 Å². The lowest BCUT2D eigenvalue weighted by molar-refractivity contribution is -0.151. The summed E-state index contributed by atoms with van der Waals surface area (Å²) in [5, 5.41) is 3.59. The van der Waals surface area contributed by atoms with Crippen molar-refractivity contribution in [1.29, 1.82) is 0 Å². The number of rotatable bonds is 8. The van der Waals surface area contributed by atoms with E-state index in [1.807, 2.05) is 0 Å². The molecule has 1 fully saturated rings. The second kappa shape index (κ2) is 10.4. The molecule has 0 spiro atoms. The van der Waals surface area contributed by atoms with Crippen molar-refractivity contribution in [2.75, 3.05) is 25.6 Å². The maximum absolute atomic E-state index is 12.5. The van der Waals surface area contributed by atoms with E-state index in [-0.39, 0.29) is 24.3 Å². The molecule has 0 unspecified atom stereocenters. The van der Waals surface area contributed by atoms with Gasteiger partial charge in [-0.05, 0) is 31.2 Å². The Labute approximate surface area is 189 Å². The molecule has 172 valence electrons. The normalized spacial score (nSPS) is 15.0. The molecule has 0 radical (unpaired) electrons. The number of hydrogen-bond donors (Lipinski definition) is 2. The van der Waals surface area contributed by atoms with E-state index in [0.717, 1.165) is 5.01 Å². The summed E-state index contributed by atoms with van der Waals surface area (Å²) in [4.78, 5) is 60.6. The number of hydrogen-bond acceptors (Lipinski definition) is 7. The number of esters is 1. The molecule has 3 amide bonds. The largest absolute Gasteiger partial charge is 0.496 e. The predicted molar refractivity (Wildman–Crippen MR) is 116 cm³/mol. The second-order valence-corrected chi connectivity index (χ2v) is 7.34. The Morgan fingerprint density at radius 3 is 2.58 bits per heavy atom. The zero-order valence-corrected chi connectivity index (χ0v) is 18.1. The van der Waals surface area contributed by atoms with E-state index < -0.39 is 36.2 Å². The van der Waals surface area contributed by atoms with Crippen molar-refractivity contribution < 1.29 is 33.4 Å². The fourth-order valence-electron chi connectivity index (χ4n) is 3.26. The summed E-state index contributed by atoms with van der Waals surface area (Å²) < 4.78 is 10.2. The van der Waals surface area contributed by atoms with E-state index in [1.165, 1.54) is 20.1 Å². The molecule has 33 heavy (non-hydrogen) atoms. The first-order chi connectivity index (χ1) is 15.8. The third kappa shape index (κ3) is 5.94. The van der Waals surface area contributed by atoms with Gasteiger partial charge in [0.05, 0.1) is 25.1 Å². The zero-order chi connectivity index (χ0) is 24.0. The summed E-state index contributed by atoms with van der Waals surface area (Å²) in [6, 6.07) is 12.9. The van der Waals surface area contributed by atoms with E-state index in [0.29, 0.717) is 17.0 Å². The van der Waals surface area contributed by atoms with Crippen LogP contribution in [0.2, 0.25) is 0 Å². The number of ketones is 1. The van der Waals surface area contributed by atoms with Crippen LogP contribution in [0.1, 0.15) is 34.1 Å². The fourth-order valence-corrected chi connectivity index (χ4v) is 3.26. The highest BCUT2D eigenvalue weighted by molar-refractivity contribution is 5.99. The van der Waals surface area contributed by atoms with Gasteiger partial charge in [0.2, 0.25) is 5.91 Å². The van der Waals surface area contributed by atoms with Crippen molar-refractivity contribution in [2.24, 2.45) is 5.92 Å². The minimum absolute atomic E-state index is 0.0825. The van der Waals surface area contributed by atoms with E-state index in [9.17, 15) is 24.0 Å². The molecule has 1 heterocycles. The summed E-state index contributed by atoms with van der Waals surface area (Å²) in [5.74, 6) is -2.96. The fraction of sp³-hybridized carbons (Fsp3) is 0.261. The average Bonchev–Trinajstić information content (AvgIpc) is 3.17. The monoisotopic (exact) mass is 453 g/mol. The molecule has 0 aliphatic carbocycles. The standard InChI is InChI=1S/C23H23N3O7/c1-14(27)15-6-5-7-17(10-15)24-20(28)13-33-23(31)16-11-21(29)26(12-16)25-22(30)18-8-3-4-9-19(18)32-2/h3-10,16H,11-13H2,1-2H3,(H,24,28)(H,25,30)/t16-/m1/s1.